The normalized spacial score (nSPS) is 14.0. The van der Waals surface area contributed by atoms with Gasteiger partial charge in [0.25, 0.3) is 5.91 Å². The Morgan fingerprint density at radius 2 is 1.65 bits per heavy atom. The zero-order chi connectivity index (χ0) is 36.8. The highest BCUT2D eigenvalue weighted by molar-refractivity contribution is 6.31. The second-order valence-electron chi connectivity index (χ2n) is 12.6. The van der Waals surface area contributed by atoms with Gasteiger partial charge in [0.15, 0.2) is 11.6 Å². The summed E-state index contributed by atoms with van der Waals surface area (Å²) >= 11 is 5.99. The molecule has 262 valence electrons. The molecular formula is C40H37ClFN3O6. The molecule has 0 unspecified atom stereocenters. The van der Waals surface area contributed by atoms with Gasteiger partial charge in [-0.05, 0) is 97.7 Å². The fourth-order valence-electron chi connectivity index (χ4n) is 6.17. The van der Waals surface area contributed by atoms with Crippen LogP contribution in [0.5, 0.6) is 0 Å². The standard InChI is InChI=1S/C40H37ClFN3O6/c1-24(46)29-15-17-34(41)37(42)32(29)16-18-36(48)45-21-19-31-30(26-11-13-27(14-12-26)39(49)43-20-22-44(2)3)5-4-6-33(31)38(45)35(47)23-25-7-9-28(10-8-25)40(50)51/h4-18,38H,19-23H2,1-3H3,(H,43,49)(H,50,51)/b18-16+/t38-/m0/s1. The van der Waals surface area contributed by atoms with E-state index in [0.717, 1.165) is 22.8 Å². The second-order valence-corrected chi connectivity index (χ2v) is 13.0. The van der Waals surface area contributed by atoms with E-state index in [1.54, 1.807) is 30.3 Å². The highest BCUT2D eigenvalue weighted by Gasteiger charge is 2.36. The highest BCUT2D eigenvalue weighted by atomic mass is 35.5. The van der Waals surface area contributed by atoms with Crippen molar-refractivity contribution in [2.75, 3.05) is 33.7 Å². The topological polar surface area (TPSA) is 124 Å². The summed E-state index contributed by atoms with van der Waals surface area (Å²) in [4.78, 5) is 67.7. The third kappa shape index (κ3) is 8.48. The SMILES string of the molecule is CC(=O)c1ccc(Cl)c(F)c1/C=C/C(=O)N1CCc2c(-c3ccc(C(=O)NCCN(C)C)cc3)cccc2[C@H]1C(=O)Cc1ccc(C(=O)O)cc1. The number of rotatable bonds is 12. The summed E-state index contributed by atoms with van der Waals surface area (Å²) in [5, 5.41) is 12.0. The zero-order valence-corrected chi connectivity index (χ0v) is 29.2. The van der Waals surface area contributed by atoms with E-state index in [-0.39, 0.29) is 46.4 Å². The molecule has 4 aromatic rings. The average molecular weight is 710 g/mol. The minimum Gasteiger partial charge on any atom is -0.478 e. The minimum absolute atomic E-state index is 0.0593. The third-order valence-corrected chi connectivity index (χ3v) is 9.09. The van der Waals surface area contributed by atoms with Crippen molar-refractivity contribution in [2.45, 2.75) is 25.8 Å². The Balaban J connectivity index is 1.49. The van der Waals surface area contributed by atoms with Crippen molar-refractivity contribution in [1.29, 1.82) is 0 Å². The molecule has 2 amide bonds. The van der Waals surface area contributed by atoms with Crippen molar-refractivity contribution in [3.63, 3.8) is 0 Å². The molecule has 51 heavy (non-hydrogen) atoms. The Kier molecular flexibility index (Phi) is 11.6. The van der Waals surface area contributed by atoms with Gasteiger partial charge in [0.1, 0.15) is 11.9 Å². The quantitative estimate of drug-likeness (QED) is 0.131. The summed E-state index contributed by atoms with van der Waals surface area (Å²) in [5.41, 5.74) is 4.27. The summed E-state index contributed by atoms with van der Waals surface area (Å²) in [6, 6.07) is 20.3. The first-order valence-corrected chi connectivity index (χ1v) is 16.7. The Labute approximate surface area is 300 Å². The Morgan fingerprint density at radius 3 is 2.29 bits per heavy atom. The van der Waals surface area contributed by atoms with Gasteiger partial charge in [0, 0.05) is 48.8 Å². The first-order chi connectivity index (χ1) is 24.3. The van der Waals surface area contributed by atoms with E-state index in [1.165, 1.54) is 42.2 Å². The van der Waals surface area contributed by atoms with Crippen LogP contribution in [0.1, 0.15) is 66.3 Å². The number of carbonyl (C=O) groups is 5. The summed E-state index contributed by atoms with van der Waals surface area (Å²) in [6.07, 6.45) is 2.66. The number of nitrogens with one attached hydrogen (secondary N) is 1. The number of carbonyl (C=O) groups excluding carboxylic acids is 4. The highest BCUT2D eigenvalue weighted by Crippen LogP contribution is 2.38. The fraction of sp³-hybridized carbons (Fsp3) is 0.225. The van der Waals surface area contributed by atoms with Crippen LogP contribution in [-0.4, -0.2) is 78.0 Å². The number of amides is 2. The number of ketones is 2. The molecule has 1 atom stereocenters. The number of likely N-dealkylation sites (N-methyl/N-ethyl adjacent to an activating group) is 1. The van der Waals surface area contributed by atoms with E-state index in [4.69, 9.17) is 11.6 Å². The molecule has 0 radical (unpaired) electrons. The maximum absolute atomic E-state index is 15.0. The molecule has 0 bridgehead atoms. The molecule has 2 N–H and O–H groups in total. The van der Waals surface area contributed by atoms with Gasteiger partial charge in [-0.1, -0.05) is 54.1 Å². The second kappa shape index (κ2) is 16.1. The molecule has 11 heteroatoms. The lowest BCUT2D eigenvalue weighted by Gasteiger charge is -2.37. The smallest absolute Gasteiger partial charge is 0.335 e. The number of benzene rings is 4. The molecule has 0 saturated carbocycles. The first kappa shape index (κ1) is 36.8. The minimum atomic E-state index is -1.09. The number of carboxylic acid groups (broad SMARTS) is 1. The van der Waals surface area contributed by atoms with Crippen LogP contribution in [0.4, 0.5) is 4.39 Å². The van der Waals surface area contributed by atoms with Gasteiger partial charge < -0.3 is 20.2 Å². The Hall–Kier alpha value is -5.45. The molecule has 0 aromatic heterocycles. The number of hydrogen-bond acceptors (Lipinski definition) is 6. The molecule has 1 aliphatic heterocycles. The van der Waals surface area contributed by atoms with Crippen LogP contribution in [0.25, 0.3) is 17.2 Å². The average Bonchev–Trinajstić information content (AvgIpc) is 3.11. The predicted octanol–water partition coefficient (Wildman–Crippen LogP) is 6.29. The van der Waals surface area contributed by atoms with Gasteiger partial charge in [-0.15, -0.1) is 0 Å². The zero-order valence-electron chi connectivity index (χ0n) is 28.4. The number of halogens is 2. The summed E-state index contributed by atoms with van der Waals surface area (Å²) in [5.74, 6) is -3.39. The number of nitrogens with zero attached hydrogens (tertiary/aromatic N) is 2. The van der Waals surface area contributed by atoms with E-state index < -0.39 is 29.5 Å². The van der Waals surface area contributed by atoms with Crippen LogP contribution in [0.3, 0.4) is 0 Å². The number of aromatic carboxylic acids is 1. The number of fused-ring (bicyclic) bond motifs is 1. The van der Waals surface area contributed by atoms with Crippen molar-refractivity contribution in [3.05, 3.63) is 135 Å². The largest absolute Gasteiger partial charge is 0.478 e. The molecule has 0 fully saturated rings. The van der Waals surface area contributed by atoms with Crippen LogP contribution >= 0.6 is 11.6 Å². The van der Waals surface area contributed by atoms with Gasteiger partial charge in [-0.3, -0.25) is 19.2 Å². The van der Waals surface area contributed by atoms with E-state index in [1.807, 2.05) is 43.3 Å². The van der Waals surface area contributed by atoms with Crippen molar-refractivity contribution in [3.8, 4) is 11.1 Å². The maximum atomic E-state index is 15.0. The Morgan fingerprint density at radius 1 is 0.961 bits per heavy atom. The molecule has 9 nitrogen and oxygen atoms in total. The summed E-state index contributed by atoms with van der Waals surface area (Å²) in [7, 11) is 3.86. The van der Waals surface area contributed by atoms with Gasteiger partial charge >= 0.3 is 5.97 Å². The molecule has 0 aliphatic carbocycles. The number of Topliss-reactive ketones (excluding diaryl/α,β-unsaturated/α-hetero) is 2. The lowest BCUT2D eigenvalue weighted by atomic mass is 9.83. The Bertz CT molecular complexity index is 2030. The predicted molar refractivity (Wildman–Crippen MR) is 193 cm³/mol. The van der Waals surface area contributed by atoms with Crippen molar-refractivity contribution in [2.24, 2.45) is 0 Å². The lowest BCUT2D eigenvalue weighted by molar-refractivity contribution is -0.136. The number of carboxylic acids is 1. The monoisotopic (exact) mass is 709 g/mol. The van der Waals surface area contributed by atoms with Crippen LogP contribution in [0.2, 0.25) is 5.02 Å². The molecular weight excluding hydrogens is 673 g/mol. The molecule has 5 rings (SSSR count). The van der Waals surface area contributed by atoms with E-state index in [2.05, 4.69) is 5.32 Å². The molecule has 1 aliphatic rings. The molecule has 1 heterocycles. The van der Waals surface area contributed by atoms with Gasteiger partial charge in [0.2, 0.25) is 5.91 Å². The van der Waals surface area contributed by atoms with E-state index in [9.17, 15) is 29.1 Å². The summed E-state index contributed by atoms with van der Waals surface area (Å²) in [6.45, 7) is 2.66. The first-order valence-electron chi connectivity index (χ1n) is 16.3. The van der Waals surface area contributed by atoms with Crippen LogP contribution in [0, 0.1) is 5.82 Å². The van der Waals surface area contributed by atoms with Gasteiger partial charge in [0.05, 0.1) is 10.6 Å². The van der Waals surface area contributed by atoms with Crippen LogP contribution in [0.15, 0.2) is 84.9 Å². The molecule has 0 spiro atoms. The van der Waals surface area contributed by atoms with Crippen molar-refractivity contribution in [1.82, 2.24) is 15.1 Å². The van der Waals surface area contributed by atoms with Gasteiger partial charge in [-0.2, -0.15) is 0 Å². The fourth-order valence-corrected chi connectivity index (χ4v) is 6.33. The lowest BCUT2D eigenvalue weighted by Crippen LogP contribution is -2.43. The van der Waals surface area contributed by atoms with E-state index >= 15 is 4.39 Å². The summed E-state index contributed by atoms with van der Waals surface area (Å²) < 4.78 is 15.0. The maximum Gasteiger partial charge on any atom is 0.335 e. The third-order valence-electron chi connectivity index (χ3n) is 8.80. The van der Waals surface area contributed by atoms with E-state index in [0.29, 0.717) is 36.2 Å². The van der Waals surface area contributed by atoms with Crippen molar-refractivity contribution < 1.29 is 33.5 Å². The van der Waals surface area contributed by atoms with Crippen LogP contribution < -0.4 is 5.32 Å². The van der Waals surface area contributed by atoms with Crippen molar-refractivity contribution >= 4 is 47.0 Å². The van der Waals surface area contributed by atoms with Crippen LogP contribution in [-0.2, 0) is 22.4 Å². The van der Waals surface area contributed by atoms with Gasteiger partial charge in [-0.25, -0.2) is 9.18 Å². The molecule has 0 saturated heterocycles. The molecule has 4 aromatic carbocycles. The number of hydrogen-bond donors (Lipinski definition) is 2.